The van der Waals surface area contributed by atoms with Crippen LogP contribution in [-0.4, -0.2) is 25.4 Å². The number of rotatable bonds is 7. The first-order valence-electron chi connectivity index (χ1n) is 8.73. The summed E-state index contributed by atoms with van der Waals surface area (Å²) in [7, 11) is 3.16. The molecule has 27 heavy (non-hydrogen) atoms. The molecule has 3 rings (SSSR count). The van der Waals surface area contributed by atoms with E-state index in [9.17, 15) is 4.79 Å². The minimum atomic E-state index is -0.183. The number of thioether (sulfide) groups is 1. The molecule has 0 heterocycles. The van der Waals surface area contributed by atoms with Gasteiger partial charge in [-0.1, -0.05) is 42.5 Å². The molecule has 1 amide bonds. The van der Waals surface area contributed by atoms with Crippen molar-refractivity contribution in [3.63, 3.8) is 0 Å². The van der Waals surface area contributed by atoms with E-state index in [1.165, 1.54) is 16.3 Å². The van der Waals surface area contributed by atoms with Gasteiger partial charge in [0.25, 0.3) is 0 Å². The molecule has 0 aliphatic carbocycles. The molecule has 4 nitrogen and oxygen atoms in total. The summed E-state index contributed by atoms with van der Waals surface area (Å²) >= 11 is 1.62. The summed E-state index contributed by atoms with van der Waals surface area (Å²) in [5, 5.41) is 5.22. The summed E-state index contributed by atoms with van der Waals surface area (Å²) in [6.07, 6.45) is 0. The van der Waals surface area contributed by atoms with E-state index in [-0.39, 0.29) is 11.2 Å². The van der Waals surface area contributed by atoms with Gasteiger partial charge in [0.05, 0.1) is 19.5 Å². The van der Waals surface area contributed by atoms with E-state index in [1.54, 1.807) is 44.2 Å². The highest BCUT2D eigenvalue weighted by atomic mass is 32.2. The number of hydrogen-bond donors (Lipinski definition) is 1. The number of amides is 1. The fourth-order valence-corrected chi connectivity index (χ4v) is 3.76. The van der Waals surface area contributed by atoms with E-state index in [4.69, 9.17) is 9.47 Å². The number of ether oxygens (including phenoxy) is 2. The standard InChI is InChI=1S/C22H23NO3S/c1-15(22(24)23-18-11-12-20(25-2)21(13-18)26-3)27-14-17-9-6-8-16-7-4-5-10-19(16)17/h4-13,15H,14H2,1-3H3,(H,23,24). The first-order valence-corrected chi connectivity index (χ1v) is 9.78. The Labute approximate surface area is 163 Å². The molecular formula is C22H23NO3S. The highest BCUT2D eigenvalue weighted by molar-refractivity contribution is 7.99. The van der Waals surface area contributed by atoms with Gasteiger partial charge < -0.3 is 14.8 Å². The third kappa shape index (κ3) is 4.55. The molecule has 0 saturated heterocycles. The van der Waals surface area contributed by atoms with Gasteiger partial charge in [-0.3, -0.25) is 4.79 Å². The lowest BCUT2D eigenvalue weighted by atomic mass is 10.1. The van der Waals surface area contributed by atoms with Crippen LogP contribution < -0.4 is 14.8 Å². The molecule has 0 bridgehead atoms. The summed E-state index contributed by atoms with van der Waals surface area (Å²) in [5.74, 6) is 1.97. The predicted molar refractivity (Wildman–Crippen MR) is 113 cm³/mol. The number of fused-ring (bicyclic) bond motifs is 1. The Morgan fingerprint density at radius 2 is 1.74 bits per heavy atom. The second-order valence-electron chi connectivity index (χ2n) is 6.15. The van der Waals surface area contributed by atoms with E-state index in [0.717, 1.165) is 5.75 Å². The minimum Gasteiger partial charge on any atom is -0.493 e. The van der Waals surface area contributed by atoms with Crippen LogP contribution in [0, 0.1) is 0 Å². The topological polar surface area (TPSA) is 47.6 Å². The van der Waals surface area contributed by atoms with Gasteiger partial charge in [-0.25, -0.2) is 0 Å². The number of carbonyl (C=O) groups excluding carboxylic acids is 1. The fourth-order valence-electron chi connectivity index (χ4n) is 2.87. The SMILES string of the molecule is COc1ccc(NC(=O)C(C)SCc2cccc3ccccc23)cc1OC. The first-order chi connectivity index (χ1) is 13.1. The molecule has 140 valence electrons. The van der Waals surface area contributed by atoms with Gasteiger partial charge in [0.15, 0.2) is 11.5 Å². The van der Waals surface area contributed by atoms with Gasteiger partial charge in [-0.2, -0.15) is 0 Å². The number of benzene rings is 3. The molecule has 3 aromatic carbocycles. The second-order valence-corrected chi connectivity index (χ2v) is 7.48. The highest BCUT2D eigenvalue weighted by Crippen LogP contribution is 2.30. The van der Waals surface area contributed by atoms with Gasteiger partial charge in [0.1, 0.15) is 0 Å². The van der Waals surface area contributed by atoms with Crippen LogP contribution in [0.2, 0.25) is 0 Å². The van der Waals surface area contributed by atoms with Crippen LogP contribution in [0.25, 0.3) is 10.8 Å². The number of carbonyl (C=O) groups is 1. The van der Waals surface area contributed by atoms with Gasteiger partial charge in [-0.05, 0) is 35.4 Å². The lowest BCUT2D eigenvalue weighted by molar-refractivity contribution is -0.115. The molecule has 1 unspecified atom stereocenters. The number of nitrogens with one attached hydrogen (secondary N) is 1. The zero-order valence-electron chi connectivity index (χ0n) is 15.7. The molecule has 0 radical (unpaired) electrons. The van der Waals surface area contributed by atoms with Crippen LogP contribution in [0.5, 0.6) is 11.5 Å². The van der Waals surface area contributed by atoms with Crippen molar-refractivity contribution < 1.29 is 14.3 Å². The molecule has 0 saturated carbocycles. The van der Waals surface area contributed by atoms with Crippen molar-refractivity contribution in [1.29, 1.82) is 0 Å². The van der Waals surface area contributed by atoms with Crippen molar-refractivity contribution in [2.24, 2.45) is 0 Å². The maximum atomic E-state index is 12.5. The highest BCUT2D eigenvalue weighted by Gasteiger charge is 2.15. The van der Waals surface area contributed by atoms with Crippen LogP contribution in [-0.2, 0) is 10.5 Å². The van der Waals surface area contributed by atoms with Crippen LogP contribution in [0.1, 0.15) is 12.5 Å². The summed E-state index contributed by atoms with van der Waals surface area (Å²) in [6, 6.07) is 20.0. The van der Waals surface area contributed by atoms with E-state index < -0.39 is 0 Å². The zero-order valence-corrected chi connectivity index (χ0v) is 16.5. The van der Waals surface area contributed by atoms with Crippen LogP contribution in [0.3, 0.4) is 0 Å². The van der Waals surface area contributed by atoms with Crippen LogP contribution in [0.15, 0.2) is 60.7 Å². The summed E-state index contributed by atoms with van der Waals surface area (Å²) in [6.45, 7) is 1.92. The van der Waals surface area contributed by atoms with Gasteiger partial charge in [0.2, 0.25) is 5.91 Å². The van der Waals surface area contributed by atoms with Crippen LogP contribution in [0.4, 0.5) is 5.69 Å². The molecule has 0 aromatic heterocycles. The Morgan fingerprint density at radius 3 is 2.52 bits per heavy atom. The monoisotopic (exact) mass is 381 g/mol. The van der Waals surface area contributed by atoms with E-state index >= 15 is 0 Å². The average molecular weight is 381 g/mol. The molecule has 5 heteroatoms. The third-order valence-electron chi connectivity index (χ3n) is 4.39. The van der Waals surface area contributed by atoms with Crippen molar-refractivity contribution in [3.05, 3.63) is 66.2 Å². The molecule has 1 N–H and O–H groups in total. The molecule has 1 atom stereocenters. The fraction of sp³-hybridized carbons (Fsp3) is 0.227. The smallest absolute Gasteiger partial charge is 0.237 e. The van der Waals surface area contributed by atoms with Crippen molar-refractivity contribution in [2.45, 2.75) is 17.9 Å². The lowest BCUT2D eigenvalue weighted by Gasteiger charge is -2.14. The van der Waals surface area contributed by atoms with Crippen molar-refractivity contribution >= 4 is 34.1 Å². The van der Waals surface area contributed by atoms with Gasteiger partial charge >= 0.3 is 0 Å². The van der Waals surface area contributed by atoms with E-state index in [2.05, 4.69) is 35.6 Å². The summed E-state index contributed by atoms with van der Waals surface area (Å²) in [5.41, 5.74) is 1.93. The maximum absolute atomic E-state index is 12.5. The Balaban J connectivity index is 1.64. The number of methoxy groups -OCH3 is 2. The van der Waals surface area contributed by atoms with Crippen LogP contribution >= 0.6 is 11.8 Å². The van der Waals surface area contributed by atoms with E-state index in [1.807, 2.05) is 19.1 Å². The molecule has 0 aliphatic rings. The molecule has 3 aromatic rings. The Hall–Kier alpha value is -2.66. The molecular weight excluding hydrogens is 358 g/mol. The van der Waals surface area contributed by atoms with E-state index in [0.29, 0.717) is 17.2 Å². The van der Waals surface area contributed by atoms with Crippen molar-refractivity contribution in [3.8, 4) is 11.5 Å². The van der Waals surface area contributed by atoms with Crippen molar-refractivity contribution in [1.82, 2.24) is 0 Å². The number of hydrogen-bond acceptors (Lipinski definition) is 4. The molecule has 0 spiro atoms. The van der Waals surface area contributed by atoms with Gasteiger partial charge in [0, 0.05) is 17.5 Å². The second kappa shape index (κ2) is 8.82. The summed E-state index contributed by atoms with van der Waals surface area (Å²) < 4.78 is 10.5. The lowest BCUT2D eigenvalue weighted by Crippen LogP contribution is -2.22. The zero-order chi connectivity index (χ0) is 19.2. The first kappa shape index (κ1) is 19.1. The predicted octanol–water partition coefficient (Wildman–Crippen LogP) is 5.12. The largest absolute Gasteiger partial charge is 0.493 e. The maximum Gasteiger partial charge on any atom is 0.237 e. The Morgan fingerprint density at radius 1 is 1.00 bits per heavy atom. The molecule has 0 aliphatic heterocycles. The Kier molecular flexibility index (Phi) is 6.24. The number of anilines is 1. The quantitative estimate of drug-likeness (QED) is 0.617. The van der Waals surface area contributed by atoms with Gasteiger partial charge in [-0.15, -0.1) is 11.8 Å². The summed E-state index contributed by atoms with van der Waals surface area (Å²) in [4.78, 5) is 12.5. The normalized spacial score (nSPS) is 11.8. The average Bonchev–Trinajstić information content (AvgIpc) is 2.71. The Bertz CT molecular complexity index is 936. The van der Waals surface area contributed by atoms with Crippen molar-refractivity contribution in [2.75, 3.05) is 19.5 Å². The third-order valence-corrected chi connectivity index (χ3v) is 5.58. The minimum absolute atomic E-state index is 0.0348. The molecule has 0 fully saturated rings.